The first-order valence-corrected chi connectivity index (χ1v) is 6.97. The van der Waals surface area contributed by atoms with E-state index in [1.54, 1.807) is 12.1 Å². The molecule has 1 aliphatic carbocycles. The molecule has 3 nitrogen and oxygen atoms in total. The summed E-state index contributed by atoms with van der Waals surface area (Å²) in [5, 5.41) is 12.4. The Balaban J connectivity index is 1.99. The highest BCUT2D eigenvalue weighted by atomic mass is 16.4. The second-order valence-corrected chi connectivity index (χ2v) is 6.52. The molecule has 1 fully saturated rings. The summed E-state index contributed by atoms with van der Waals surface area (Å²) in [6.45, 7) is 6.97. The molecule has 3 heteroatoms. The Hall–Kier alpha value is -1.51. The van der Waals surface area contributed by atoms with Crippen LogP contribution in [0.25, 0.3) is 0 Å². The van der Waals surface area contributed by atoms with Gasteiger partial charge in [0.2, 0.25) is 0 Å². The monoisotopic (exact) mass is 261 g/mol. The first kappa shape index (κ1) is 13.9. The zero-order valence-electron chi connectivity index (χ0n) is 11.9. The second-order valence-electron chi connectivity index (χ2n) is 6.52. The van der Waals surface area contributed by atoms with E-state index in [0.29, 0.717) is 22.9 Å². The number of anilines is 1. The fraction of sp³-hybridized carbons (Fsp3) is 0.562. The number of carboxylic acid groups (broad SMARTS) is 1. The summed E-state index contributed by atoms with van der Waals surface area (Å²) >= 11 is 0. The van der Waals surface area contributed by atoms with E-state index in [1.807, 2.05) is 12.1 Å². The molecule has 2 rings (SSSR count). The van der Waals surface area contributed by atoms with Gasteiger partial charge >= 0.3 is 5.97 Å². The van der Waals surface area contributed by atoms with Crippen molar-refractivity contribution in [2.24, 2.45) is 11.3 Å². The van der Waals surface area contributed by atoms with E-state index in [2.05, 4.69) is 26.1 Å². The van der Waals surface area contributed by atoms with E-state index >= 15 is 0 Å². The number of carbonyl (C=O) groups is 1. The number of benzene rings is 1. The zero-order chi connectivity index (χ0) is 14.0. The van der Waals surface area contributed by atoms with Crippen LogP contribution in [0.5, 0.6) is 0 Å². The van der Waals surface area contributed by atoms with Crippen LogP contribution in [0.15, 0.2) is 24.3 Å². The summed E-state index contributed by atoms with van der Waals surface area (Å²) < 4.78 is 0. The highest BCUT2D eigenvalue weighted by molar-refractivity contribution is 5.88. The highest BCUT2D eigenvalue weighted by Crippen LogP contribution is 2.39. The van der Waals surface area contributed by atoms with Crippen LogP contribution in [0.4, 0.5) is 5.69 Å². The van der Waals surface area contributed by atoms with Gasteiger partial charge in [0, 0.05) is 11.7 Å². The quantitative estimate of drug-likeness (QED) is 0.864. The Morgan fingerprint density at radius 2 is 1.95 bits per heavy atom. The molecule has 2 N–H and O–H groups in total. The summed E-state index contributed by atoms with van der Waals surface area (Å²) in [6.07, 6.45) is 3.65. The lowest BCUT2D eigenvalue weighted by Crippen LogP contribution is -2.36. The summed E-state index contributed by atoms with van der Waals surface area (Å²) in [5.41, 5.74) is 1.80. The molecule has 2 atom stereocenters. The lowest BCUT2D eigenvalue weighted by atomic mass is 9.70. The summed E-state index contributed by atoms with van der Waals surface area (Å²) in [5.74, 6) is -0.234. The predicted molar refractivity (Wildman–Crippen MR) is 77.6 cm³/mol. The molecular formula is C16H23NO2. The summed E-state index contributed by atoms with van der Waals surface area (Å²) in [6, 6.07) is 7.51. The van der Waals surface area contributed by atoms with Crippen molar-refractivity contribution in [3.63, 3.8) is 0 Å². The average Bonchev–Trinajstić information content (AvgIpc) is 2.33. The van der Waals surface area contributed by atoms with Crippen molar-refractivity contribution in [3.8, 4) is 0 Å². The second kappa shape index (κ2) is 5.24. The third-order valence-corrected chi connectivity index (χ3v) is 4.18. The molecule has 0 bridgehead atoms. The van der Waals surface area contributed by atoms with Crippen LogP contribution in [-0.2, 0) is 0 Å². The van der Waals surface area contributed by atoms with Gasteiger partial charge in [-0.25, -0.2) is 4.79 Å². The Morgan fingerprint density at radius 3 is 2.47 bits per heavy atom. The molecular weight excluding hydrogens is 238 g/mol. The van der Waals surface area contributed by atoms with Gasteiger partial charge in [-0.1, -0.05) is 20.8 Å². The molecule has 1 aliphatic rings. The van der Waals surface area contributed by atoms with Crippen LogP contribution in [0.2, 0.25) is 0 Å². The van der Waals surface area contributed by atoms with Crippen molar-refractivity contribution in [1.29, 1.82) is 0 Å². The largest absolute Gasteiger partial charge is 0.478 e. The van der Waals surface area contributed by atoms with Gasteiger partial charge in [0.05, 0.1) is 5.56 Å². The normalized spacial score (nSPS) is 25.8. The number of aromatic carboxylic acids is 1. The molecule has 2 unspecified atom stereocenters. The van der Waals surface area contributed by atoms with E-state index < -0.39 is 5.97 Å². The van der Waals surface area contributed by atoms with Crippen LogP contribution in [0.3, 0.4) is 0 Å². The third kappa shape index (κ3) is 3.49. The maximum Gasteiger partial charge on any atom is 0.335 e. The van der Waals surface area contributed by atoms with Gasteiger partial charge in [0.15, 0.2) is 0 Å². The predicted octanol–water partition coefficient (Wildman–Crippen LogP) is 4.01. The van der Waals surface area contributed by atoms with E-state index in [-0.39, 0.29) is 0 Å². The number of nitrogens with one attached hydrogen (secondary N) is 1. The topological polar surface area (TPSA) is 49.3 Å². The molecule has 1 aromatic rings. The van der Waals surface area contributed by atoms with Gasteiger partial charge < -0.3 is 10.4 Å². The van der Waals surface area contributed by atoms with Gasteiger partial charge in [-0.3, -0.25) is 0 Å². The molecule has 1 saturated carbocycles. The van der Waals surface area contributed by atoms with Crippen molar-refractivity contribution in [2.45, 2.75) is 46.1 Å². The van der Waals surface area contributed by atoms with Gasteiger partial charge in [-0.2, -0.15) is 0 Å². The van der Waals surface area contributed by atoms with Gasteiger partial charge in [0.25, 0.3) is 0 Å². The van der Waals surface area contributed by atoms with Crippen LogP contribution in [0, 0.1) is 11.3 Å². The van der Waals surface area contributed by atoms with Gasteiger partial charge in [-0.15, -0.1) is 0 Å². The number of carboxylic acids is 1. The van der Waals surface area contributed by atoms with Crippen molar-refractivity contribution < 1.29 is 9.90 Å². The van der Waals surface area contributed by atoms with E-state index in [9.17, 15) is 4.79 Å². The SMILES string of the molecule is CC1CC(C)(C)CCC1Nc1ccc(C(=O)O)cc1. The fourth-order valence-electron chi connectivity index (χ4n) is 3.08. The third-order valence-electron chi connectivity index (χ3n) is 4.18. The van der Waals surface area contributed by atoms with Crippen LogP contribution >= 0.6 is 0 Å². The average molecular weight is 261 g/mol. The Bertz CT molecular complexity index is 450. The number of rotatable bonds is 3. The first-order valence-electron chi connectivity index (χ1n) is 6.97. The van der Waals surface area contributed by atoms with Crippen molar-refractivity contribution in [3.05, 3.63) is 29.8 Å². The maximum atomic E-state index is 10.8. The Kier molecular flexibility index (Phi) is 3.83. The molecule has 19 heavy (non-hydrogen) atoms. The molecule has 0 amide bonds. The summed E-state index contributed by atoms with van der Waals surface area (Å²) in [4.78, 5) is 10.8. The minimum atomic E-state index is -0.876. The molecule has 0 aromatic heterocycles. The van der Waals surface area contributed by atoms with E-state index in [4.69, 9.17) is 5.11 Å². The van der Waals surface area contributed by atoms with E-state index in [0.717, 1.165) is 5.69 Å². The smallest absolute Gasteiger partial charge is 0.335 e. The summed E-state index contributed by atoms with van der Waals surface area (Å²) in [7, 11) is 0. The molecule has 0 spiro atoms. The Labute approximate surface area is 115 Å². The fourth-order valence-corrected chi connectivity index (χ4v) is 3.08. The van der Waals surface area contributed by atoms with Crippen molar-refractivity contribution >= 4 is 11.7 Å². The highest BCUT2D eigenvalue weighted by Gasteiger charge is 2.32. The maximum absolute atomic E-state index is 10.8. The van der Waals surface area contributed by atoms with Gasteiger partial charge in [-0.05, 0) is 54.9 Å². The number of hydrogen-bond donors (Lipinski definition) is 2. The first-order chi connectivity index (χ1) is 8.87. The van der Waals surface area contributed by atoms with Crippen LogP contribution in [-0.4, -0.2) is 17.1 Å². The molecule has 0 heterocycles. The molecule has 0 radical (unpaired) electrons. The van der Waals surface area contributed by atoms with Crippen molar-refractivity contribution in [2.75, 3.05) is 5.32 Å². The van der Waals surface area contributed by atoms with Crippen molar-refractivity contribution in [1.82, 2.24) is 0 Å². The number of hydrogen-bond acceptors (Lipinski definition) is 2. The molecule has 104 valence electrons. The lowest BCUT2D eigenvalue weighted by Gasteiger charge is -2.40. The zero-order valence-corrected chi connectivity index (χ0v) is 11.9. The minimum Gasteiger partial charge on any atom is -0.478 e. The Morgan fingerprint density at radius 1 is 1.32 bits per heavy atom. The van der Waals surface area contributed by atoms with Crippen LogP contribution in [0.1, 0.15) is 50.4 Å². The molecule has 1 aromatic carbocycles. The van der Waals surface area contributed by atoms with Gasteiger partial charge in [0.1, 0.15) is 0 Å². The lowest BCUT2D eigenvalue weighted by molar-refractivity contribution is 0.0697. The standard InChI is InChI=1S/C16H23NO2/c1-11-10-16(2,3)9-8-14(11)17-13-6-4-12(5-7-13)15(18)19/h4-7,11,14,17H,8-10H2,1-3H3,(H,18,19). The molecule has 0 saturated heterocycles. The van der Waals surface area contributed by atoms with E-state index in [1.165, 1.54) is 19.3 Å². The minimum absolute atomic E-state index is 0.336. The van der Waals surface area contributed by atoms with Crippen LogP contribution < -0.4 is 5.32 Å². The molecule has 0 aliphatic heterocycles.